The molecule has 0 aromatic rings. The van der Waals surface area contributed by atoms with Crippen LogP contribution in [0.25, 0.3) is 0 Å². The number of hydrogen-bond acceptors (Lipinski definition) is 3. The fourth-order valence-electron chi connectivity index (χ4n) is 2.16. The monoisotopic (exact) mass is 184 g/mol. The van der Waals surface area contributed by atoms with Gasteiger partial charge in [-0.05, 0) is 7.05 Å². The van der Waals surface area contributed by atoms with Crippen molar-refractivity contribution in [1.29, 1.82) is 0 Å². The number of carbonyl (C=O) groups excluding carboxylic acids is 1. The third kappa shape index (κ3) is 1.25. The predicted octanol–water partition coefficient (Wildman–Crippen LogP) is -0.596. The summed E-state index contributed by atoms with van der Waals surface area (Å²) in [6.45, 7) is 1.63. The third-order valence-corrected chi connectivity index (χ3v) is 3.04. The van der Waals surface area contributed by atoms with Gasteiger partial charge in [0.15, 0.2) is 0 Å². The van der Waals surface area contributed by atoms with Crippen molar-refractivity contribution in [3.8, 4) is 0 Å². The van der Waals surface area contributed by atoms with E-state index < -0.39 is 0 Å². The average Bonchev–Trinajstić information content (AvgIpc) is 2.19. The Morgan fingerprint density at radius 3 is 2.62 bits per heavy atom. The molecule has 2 heterocycles. The van der Waals surface area contributed by atoms with E-state index in [1.54, 1.807) is 19.0 Å². The molecule has 2 rings (SSSR count). The zero-order chi connectivity index (χ0) is 9.59. The summed E-state index contributed by atoms with van der Waals surface area (Å²) in [7, 11) is 5.66. The van der Waals surface area contributed by atoms with Crippen molar-refractivity contribution in [1.82, 2.24) is 9.80 Å². The molecule has 4 heteroatoms. The molecule has 13 heavy (non-hydrogen) atoms. The van der Waals surface area contributed by atoms with Crippen molar-refractivity contribution in [2.24, 2.45) is 5.92 Å². The summed E-state index contributed by atoms with van der Waals surface area (Å²) in [5.74, 6) is 0.248. The Morgan fingerprint density at radius 1 is 1.54 bits per heavy atom. The SMILES string of the molecule is CN(C)C(=O)C1CN(C)C2COC12. The van der Waals surface area contributed by atoms with Gasteiger partial charge in [-0.25, -0.2) is 0 Å². The molecule has 3 unspecified atom stereocenters. The number of amides is 1. The van der Waals surface area contributed by atoms with Crippen LogP contribution in [0.1, 0.15) is 0 Å². The predicted molar refractivity (Wildman–Crippen MR) is 48.3 cm³/mol. The van der Waals surface area contributed by atoms with Gasteiger partial charge in [0, 0.05) is 20.6 Å². The lowest BCUT2D eigenvalue weighted by Crippen LogP contribution is -2.51. The highest BCUT2D eigenvalue weighted by Gasteiger charge is 2.50. The number of likely N-dealkylation sites (N-methyl/N-ethyl adjacent to an activating group) is 1. The van der Waals surface area contributed by atoms with Gasteiger partial charge in [-0.15, -0.1) is 0 Å². The molecule has 0 aromatic heterocycles. The second-order valence-electron chi connectivity index (χ2n) is 4.14. The first-order valence-corrected chi connectivity index (χ1v) is 4.64. The van der Waals surface area contributed by atoms with E-state index in [4.69, 9.17) is 4.74 Å². The molecule has 2 aliphatic rings. The lowest BCUT2D eigenvalue weighted by atomic mass is 9.97. The molecule has 0 spiro atoms. The minimum Gasteiger partial charge on any atom is -0.374 e. The Morgan fingerprint density at radius 2 is 2.23 bits per heavy atom. The van der Waals surface area contributed by atoms with Crippen molar-refractivity contribution in [3.63, 3.8) is 0 Å². The zero-order valence-corrected chi connectivity index (χ0v) is 8.36. The van der Waals surface area contributed by atoms with Crippen LogP contribution in [-0.2, 0) is 9.53 Å². The van der Waals surface area contributed by atoms with E-state index >= 15 is 0 Å². The standard InChI is InChI=1S/C9H16N2O2/c1-10(2)9(12)6-4-11(3)7-5-13-8(6)7/h6-8H,4-5H2,1-3H3. The van der Waals surface area contributed by atoms with Crippen LogP contribution in [0.2, 0.25) is 0 Å². The lowest BCUT2D eigenvalue weighted by molar-refractivity contribution is -0.146. The van der Waals surface area contributed by atoms with Crippen molar-refractivity contribution >= 4 is 5.91 Å². The van der Waals surface area contributed by atoms with Crippen LogP contribution in [-0.4, -0.2) is 62.1 Å². The van der Waals surface area contributed by atoms with Crippen LogP contribution in [0.3, 0.4) is 0 Å². The fourth-order valence-corrected chi connectivity index (χ4v) is 2.16. The summed E-state index contributed by atoms with van der Waals surface area (Å²) in [6, 6.07) is 0.480. The number of fused-ring (bicyclic) bond motifs is 1. The molecule has 3 atom stereocenters. The summed E-state index contributed by atoms with van der Waals surface area (Å²) in [6.07, 6.45) is 0.153. The Kier molecular flexibility index (Phi) is 2.04. The van der Waals surface area contributed by atoms with Crippen molar-refractivity contribution in [2.45, 2.75) is 12.1 Å². The first-order chi connectivity index (χ1) is 6.11. The van der Waals surface area contributed by atoms with Crippen LogP contribution in [0.15, 0.2) is 0 Å². The number of likely N-dealkylation sites (tertiary alicyclic amines) is 1. The first kappa shape index (κ1) is 8.97. The Bertz CT molecular complexity index is 230. The summed E-state index contributed by atoms with van der Waals surface area (Å²) in [4.78, 5) is 15.6. The van der Waals surface area contributed by atoms with Gasteiger partial charge in [-0.2, -0.15) is 0 Å². The normalized spacial score (nSPS) is 38.2. The number of carbonyl (C=O) groups is 1. The summed E-state index contributed by atoms with van der Waals surface area (Å²) in [5, 5.41) is 0. The number of nitrogens with zero attached hydrogens (tertiary/aromatic N) is 2. The molecule has 2 fully saturated rings. The highest BCUT2D eigenvalue weighted by molar-refractivity contribution is 5.79. The quantitative estimate of drug-likeness (QED) is 0.546. The first-order valence-electron chi connectivity index (χ1n) is 4.64. The third-order valence-electron chi connectivity index (χ3n) is 3.04. The van der Waals surface area contributed by atoms with Crippen LogP contribution in [0.4, 0.5) is 0 Å². The van der Waals surface area contributed by atoms with Gasteiger partial charge in [-0.3, -0.25) is 9.69 Å². The van der Waals surface area contributed by atoms with E-state index in [0.29, 0.717) is 6.04 Å². The van der Waals surface area contributed by atoms with E-state index in [0.717, 1.165) is 13.2 Å². The summed E-state index contributed by atoms with van der Waals surface area (Å²) >= 11 is 0. The van der Waals surface area contributed by atoms with Gasteiger partial charge in [0.1, 0.15) is 0 Å². The minimum atomic E-state index is 0.0544. The Labute approximate surface area is 78.4 Å². The van der Waals surface area contributed by atoms with Crippen LogP contribution in [0, 0.1) is 5.92 Å². The van der Waals surface area contributed by atoms with E-state index in [2.05, 4.69) is 11.9 Å². The Balaban J connectivity index is 2.05. The minimum absolute atomic E-state index is 0.0544. The van der Waals surface area contributed by atoms with Crippen LogP contribution < -0.4 is 0 Å². The van der Waals surface area contributed by atoms with Gasteiger partial charge in [-0.1, -0.05) is 0 Å². The molecule has 4 nitrogen and oxygen atoms in total. The smallest absolute Gasteiger partial charge is 0.229 e. The summed E-state index contributed by atoms with van der Waals surface area (Å²) in [5.41, 5.74) is 0. The number of ether oxygens (including phenoxy) is 1. The van der Waals surface area contributed by atoms with Gasteiger partial charge >= 0.3 is 0 Å². The van der Waals surface area contributed by atoms with Crippen LogP contribution >= 0.6 is 0 Å². The van der Waals surface area contributed by atoms with Gasteiger partial charge < -0.3 is 9.64 Å². The summed E-state index contributed by atoms with van der Waals surface area (Å²) < 4.78 is 5.42. The largest absolute Gasteiger partial charge is 0.374 e. The highest BCUT2D eigenvalue weighted by atomic mass is 16.5. The zero-order valence-electron chi connectivity index (χ0n) is 8.36. The molecular formula is C9H16N2O2. The van der Waals surface area contributed by atoms with Crippen LogP contribution in [0.5, 0.6) is 0 Å². The highest BCUT2D eigenvalue weighted by Crippen LogP contribution is 2.33. The Hall–Kier alpha value is -0.610. The lowest BCUT2D eigenvalue weighted by Gasteiger charge is -2.36. The molecule has 1 amide bonds. The molecule has 0 radical (unpaired) electrons. The molecule has 2 aliphatic heterocycles. The molecule has 0 aliphatic carbocycles. The molecular weight excluding hydrogens is 168 g/mol. The van der Waals surface area contributed by atoms with Gasteiger partial charge in [0.2, 0.25) is 5.91 Å². The van der Waals surface area contributed by atoms with E-state index in [1.807, 2.05) is 0 Å². The van der Waals surface area contributed by atoms with E-state index in [9.17, 15) is 4.79 Å². The molecule has 0 saturated carbocycles. The fraction of sp³-hybridized carbons (Fsp3) is 0.889. The molecule has 74 valence electrons. The second kappa shape index (κ2) is 2.96. The average molecular weight is 184 g/mol. The molecule has 0 bridgehead atoms. The van der Waals surface area contributed by atoms with Crippen molar-refractivity contribution in [3.05, 3.63) is 0 Å². The van der Waals surface area contributed by atoms with E-state index in [1.165, 1.54) is 0 Å². The maximum Gasteiger partial charge on any atom is 0.229 e. The van der Waals surface area contributed by atoms with Crippen molar-refractivity contribution < 1.29 is 9.53 Å². The molecule has 0 N–H and O–H groups in total. The molecule has 2 saturated heterocycles. The maximum atomic E-state index is 11.7. The number of rotatable bonds is 1. The topological polar surface area (TPSA) is 32.8 Å². The van der Waals surface area contributed by atoms with Gasteiger partial charge in [0.25, 0.3) is 0 Å². The molecule has 0 aromatic carbocycles. The maximum absolute atomic E-state index is 11.7. The van der Waals surface area contributed by atoms with E-state index in [-0.39, 0.29) is 17.9 Å². The van der Waals surface area contributed by atoms with Crippen molar-refractivity contribution in [2.75, 3.05) is 34.3 Å². The van der Waals surface area contributed by atoms with Gasteiger partial charge in [0.05, 0.1) is 24.7 Å². The second-order valence-corrected chi connectivity index (χ2v) is 4.14. The number of hydrogen-bond donors (Lipinski definition) is 0.